The molecule has 1 saturated heterocycles. The molecular weight excluding hydrogens is 349 g/mol. The summed E-state index contributed by atoms with van der Waals surface area (Å²) in [4.78, 5) is 26.2. The van der Waals surface area contributed by atoms with Crippen LogP contribution in [0.3, 0.4) is 0 Å². The summed E-state index contributed by atoms with van der Waals surface area (Å²) in [6.45, 7) is 0.837. The van der Waals surface area contributed by atoms with Crippen LogP contribution in [0.5, 0.6) is 5.75 Å². The number of nitrogens with zero attached hydrogens (tertiary/aromatic N) is 1. The number of benzene rings is 2. The van der Waals surface area contributed by atoms with Gasteiger partial charge in [0.25, 0.3) is 0 Å². The molecule has 0 aliphatic carbocycles. The number of halogens is 1. The summed E-state index contributed by atoms with van der Waals surface area (Å²) < 4.78 is 23.8. The lowest BCUT2D eigenvalue weighted by molar-refractivity contribution is -0.149. The molecule has 142 valence electrons. The van der Waals surface area contributed by atoms with Gasteiger partial charge in [-0.25, -0.2) is 4.39 Å². The molecule has 1 heterocycles. The van der Waals surface area contributed by atoms with Crippen LogP contribution in [0.4, 0.5) is 4.39 Å². The van der Waals surface area contributed by atoms with E-state index in [0.29, 0.717) is 24.4 Å². The van der Waals surface area contributed by atoms with E-state index in [9.17, 15) is 14.0 Å². The monoisotopic (exact) mass is 371 g/mol. The van der Waals surface area contributed by atoms with Crippen LogP contribution in [-0.2, 0) is 27.4 Å². The lowest BCUT2D eigenvalue weighted by atomic mass is 10.1. The third kappa shape index (κ3) is 4.84. The maximum Gasteiger partial charge on any atom is 0.311 e. The van der Waals surface area contributed by atoms with Crippen molar-refractivity contribution in [3.63, 3.8) is 0 Å². The fraction of sp³-hybridized carbons (Fsp3) is 0.333. The summed E-state index contributed by atoms with van der Waals surface area (Å²) in [5.74, 6) is -0.956. The lowest BCUT2D eigenvalue weighted by Gasteiger charge is -2.16. The minimum atomic E-state index is -0.493. The van der Waals surface area contributed by atoms with E-state index >= 15 is 0 Å². The average Bonchev–Trinajstić information content (AvgIpc) is 3.06. The first kappa shape index (κ1) is 18.9. The summed E-state index contributed by atoms with van der Waals surface area (Å²) in [7, 11) is 1.47. The van der Waals surface area contributed by atoms with Gasteiger partial charge in [-0.05, 0) is 30.2 Å². The molecule has 1 aliphatic heterocycles. The van der Waals surface area contributed by atoms with Gasteiger partial charge in [0.2, 0.25) is 5.91 Å². The van der Waals surface area contributed by atoms with E-state index in [1.54, 1.807) is 4.90 Å². The van der Waals surface area contributed by atoms with Crippen molar-refractivity contribution in [1.82, 2.24) is 4.90 Å². The maximum atomic E-state index is 13.4. The zero-order valence-electron chi connectivity index (χ0n) is 15.2. The number of likely N-dealkylation sites (tertiary alicyclic amines) is 1. The highest BCUT2D eigenvalue weighted by molar-refractivity contribution is 5.86. The highest BCUT2D eigenvalue weighted by Gasteiger charge is 2.35. The average molecular weight is 371 g/mol. The van der Waals surface area contributed by atoms with Gasteiger partial charge in [-0.15, -0.1) is 0 Å². The Kier molecular flexibility index (Phi) is 6.06. The Bertz CT molecular complexity index is 809. The van der Waals surface area contributed by atoms with Gasteiger partial charge in [0, 0.05) is 25.1 Å². The third-order valence-electron chi connectivity index (χ3n) is 4.67. The second-order valence-corrected chi connectivity index (χ2v) is 6.54. The summed E-state index contributed by atoms with van der Waals surface area (Å²) >= 11 is 0. The summed E-state index contributed by atoms with van der Waals surface area (Å²) in [5, 5.41) is 0. The molecule has 6 heteroatoms. The largest absolute Gasteiger partial charge is 0.496 e. The fourth-order valence-electron chi connectivity index (χ4n) is 3.18. The van der Waals surface area contributed by atoms with Crippen molar-refractivity contribution in [2.45, 2.75) is 19.4 Å². The van der Waals surface area contributed by atoms with E-state index in [1.807, 2.05) is 30.3 Å². The Labute approximate surface area is 157 Å². The van der Waals surface area contributed by atoms with Crippen molar-refractivity contribution >= 4 is 11.9 Å². The normalized spacial score (nSPS) is 16.4. The van der Waals surface area contributed by atoms with E-state index in [2.05, 4.69) is 0 Å². The standard InChI is InChI=1S/C21H22FNO4/c1-26-19-8-7-18(22)11-17(19)14-27-21(25)16-12-20(24)23(13-16)10-9-15-5-3-2-4-6-15/h2-8,11,16H,9-10,12-14H2,1H3/t16-/m0/s1. The molecule has 1 fully saturated rings. The number of carbonyl (C=O) groups is 2. The van der Waals surface area contributed by atoms with Crippen molar-refractivity contribution in [3.05, 3.63) is 65.5 Å². The number of carbonyl (C=O) groups excluding carboxylic acids is 2. The minimum Gasteiger partial charge on any atom is -0.496 e. The van der Waals surface area contributed by atoms with Crippen LogP contribution in [0.1, 0.15) is 17.5 Å². The van der Waals surface area contributed by atoms with Crippen molar-refractivity contribution in [3.8, 4) is 5.75 Å². The van der Waals surface area contributed by atoms with Crippen molar-refractivity contribution < 1.29 is 23.5 Å². The molecule has 0 spiro atoms. The first-order valence-electron chi connectivity index (χ1n) is 8.87. The fourth-order valence-corrected chi connectivity index (χ4v) is 3.18. The van der Waals surface area contributed by atoms with E-state index in [-0.39, 0.29) is 18.9 Å². The molecule has 0 bridgehead atoms. The minimum absolute atomic E-state index is 0.0452. The summed E-state index contributed by atoms with van der Waals surface area (Å²) in [6, 6.07) is 13.9. The van der Waals surface area contributed by atoms with E-state index in [1.165, 1.54) is 25.3 Å². The Morgan fingerprint density at radius 3 is 2.74 bits per heavy atom. The van der Waals surface area contributed by atoms with Crippen LogP contribution in [-0.4, -0.2) is 37.0 Å². The molecule has 0 saturated carbocycles. The van der Waals surface area contributed by atoms with E-state index in [0.717, 1.165) is 12.0 Å². The molecule has 0 radical (unpaired) electrons. The van der Waals surface area contributed by atoms with Crippen LogP contribution in [0.25, 0.3) is 0 Å². The molecule has 3 rings (SSSR count). The van der Waals surface area contributed by atoms with E-state index < -0.39 is 17.7 Å². The number of esters is 1. The quantitative estimate of drug-likeness (QED) is 0.702. The molecule has 0 N–H and O–H groups in total. The zero-order valence-corrected chi connectivity index (χ0v) is 15.2. The summed E-state index contributed by atoms with van der Waals surface area (Å²) in [6.07, 6.45) is 0.892. The molecule has 1 amide bonds. The van der Waals surface area contributed by atoms with Crippen LogP contribution in [0, 0.1) is 11.7 Å². The SMILES string of the molecule is COc1ccc(F)cc1COC(=O)[C@H]1CC(=O)N(CCc2ccccc2)C1. The van der Waals surface area contributed by atoms with Crippen molar-refractivity contribution in [1.29, 1.82) is 0 Å². The second-order valence-electron chi connectivity index (χ2n) is 6.54. The van der Waals surface area contributed by atoms with Crippen LogP contribution in [0.15, 0.2) is 48.5 Å². The van der Waals surface area contributed by atoms with Gasteiger partial charge in [-0.2, -0.15) is 0 Å². The van der Waals surface area contributed by atoms with Gasteiger partial charge in [0.05, 0.1) is 13.0 Å². The number of hydrogen-bond donors (Lipinski definition) is 0. The zero-order chi connectivity index (χ0) is 19.2. The first-order chi connectivity index (χ1) is 13.1. The molecule has 0 aromatic heterocycles. The van der Waals surface area contributed by atoms with Crippen LogP contribution < -0.4 is 4.74 Å². The van der Waals surface area contributed by atoms with Crippen molar-refractivity contribution in [2.24, 2.45) is 5.92 Å². The van der Waals surface area contributed by atoms with Gasteiger partial charge < -0.3 is 14.4 Å². The molecule has 0 unspecified atom stereocenters. The van der Waals surface area contributed by atoms with E-state index in [4.69, 9.17) is 9.47 Å². The predicted molar refractivity (Wildman–Crippen MR) is 97.6 cm³/mol. The van der Waals surface area contributed by atoms with Gasteiger partial charge in [-0.1, -0.05) is 30.3 Å². The van der Waals surface area contributed by atoms with Gasteiger partial charge in [-0.3, -0.25) is 9.59 Å². The number of methoxy groups -OCH3 is 1. The highest BCUT2D eigenvalue weighted by atomic mass is 19.1. The number of amides is 1. The van der Waals surface area contributed by atoms with Crippen LogP contribution >= 0.6 is 0 Å². The van der Waals surface area contributed by atoms with Crippen molar-refractivity contribution in [2.75, 3.05) is 20.2 Å². The van der Waals surface area contributed by atoms with Crippen LogP contribution in [0.2, 0.25) is 0 Å². The first-order valence-corrected chi connectivity index (χ1v) is 8.87. The van der Waals surface area contributed by atoms with Gasteiger partial charge in [0.1, 0.15) is 18.2 Å². The Morgan fingerprint density at radius 1 is 1.22 bits per heavy atom. The smallest absolute Gasteiger partial charge is 0.311 e. The van der Waals surface area contributed by atoms with Gasteiger partial charge in [0.15, 0.2) is 0 Å². The number of rotatable bonds is 7. The Morgan fingerprint density at radius 2 is 2.00 bits per heavy atom. The lowest BCUT2D eigenvalue weighted by Crippen LogP contribution is -2.28. The Balaban J connectivity index is 1.52. The topological polar surface area (TPSA) is 55.8 Å². The molecule has 27 heavy (non-hydrogen) atoms. The summed E-state index contributed by atoms with van der Waals surface area (Å²) in [5.41, 5.74) is 1.60. The second kappa shape index (κ2) is 8.66. The molecule has 2 aromatic carbocycles. The molecular formula is C21H22FNO4. The number of hydrogen-bond acceptors (Lipinski definition) is 4. The van der Waals surface area contributed by atoms with Gasteiger partial charge >= 0.3 is 5.97 Å². The maximum absolute atomic E-state index is 13.4. The predicted octanol–water partition coefficient (Wildman–Crippen LogP) is 2.97. The molecule has 5 nitrogen and oxygen atoms in total. The molecule has 1 atom stereocenters. The third-order valence-corrected chi connectivity index (χ3v) is 4.67. The highest BCUT2D eigenvalue weighted by Crippen LogP contribution is 2.23. The Hall–Kier alpha value is -2.89. The number of ether oxygens (including phenoxy) is 2. The molecule has 2 aromatic rings. The molecule has 1 aliphatic rings.